The van der Waals surface area contributed by atoms with Crippen LogP contribution in [-0.2, 0) is 32.3 Å². The van der Waals surface area contributed by atoms with Crippen LogP contribution in [0.1, 0.15) is 18.4 Å². The van der Waals surface area contributed by atoms with Crippen molar-refractivity contribution < 1.29 is 29.4 Å². The molecule has 0 aliphatic carbocycles. The SMILES string of the molecule is Cc1cn(CCN(CCn2ccc(=O)[nH]c2=O)C(=O)CNC(=O)C(CS)NC(=O)CCC(O)C(=O)O)c(=O)[nH]c1=O. The van der Waals surface area contributed by atoms with Gasteiger partial charge < -0.3 is 25.7 Å². The van der Waals surface area contributed by atoms with Gasteiger partial charge in [-0.25, -0.2) is 14.4 Å². The molecule has 41 heavy (non-hydrogen) atoms. The second kappa shape index (κ2) is 15.4. The number of aryl methyl sites for hydroxylation is 1. The van der Waals surface area contributed by atoms with Gasteiger partial charge in [0.05, 0.1) is 6.54 Å². The Labute approximate surface area is 236 Å². The Morgan fingerprint density at radius 2 is 1.68 bits per heavy atom. The molecular formula is C23H31N7O10S. The molecule has 0 radical (unpaired) electrons. The average Bonchev–Trinajstić information content (AvgIpc) is 2.92. The van der Waals surface area contributed by atoms with Gasteiger partial charge in [-0.3, -0.25) is 43.1 Å². The predicted octanol–water partition coefficient (Wildman–Crippen LogP) is -4.02. The Morgan fingerprint density at radius 1 is 1.05 bits per heavy atom. The van der Waals surface area contributed by atoms with Crippen molar-refractivity contribution in [2.45, 2.75) is 45.0 Å². The minimum Gasteiger partial charge on any atom is -0.479 e. The Morgan fingerprint density at radius 3 is 2.29 bits per heavy atom. The van der Waals surface area contributed by atoms with Crippen molar-refractivity contribution in [3.63, 3.8) is 0 Å². The van der Waals surface area contributed by atoms with Crippen LogP contribution in [0.25, 0.3) is 0 Å². The summed E-state index contributed by atoms with van der Waals surface area (Å²) in [6.45, 7) is 0.783. The molecule has 0 aliphatic rings. The number of hydrogen-bond donors (Lipinski definition) is 7. The van der Waals surface area contributed by atoms with Crippen molar-refractivity contribution in [3.05, 3.63) is 65.7 Å². The third kappa shape index (κ3) is 10.2. The lowest BCUT2D eigenvalue weighted by Gasteiger charge is -2.24. The summed E-state index contributed by atoms with van der Waals surface area (Å²) < 4.78 is 2.35. The fourth-order valence-electron chi connectivity index (χ4n) is 3.47. The molecule has 18 heteroatoms. The lowest BCUT2D eigenvalue weighted by Crippen LogP contribution is -2.51. The summed E-state index contributed by atoms with van der Waals surface area (Å²) in [5.74, 6) is -3.72. The molecule has 2 rings (SSSR count). The number of aliphatic carboxylic acids is 1. The second-order valence-corrected chi connectivity index (χ2v) is 9.23. The zero-order chi connectivity index (χ0) is 30.7. The highest BCUT2D eigenvalue weighted by molar-refractivity contribution is 7.80. The van der Waals surface area contributed by atoms with Crippen LogP contribution in [0.3, 0.4) is 0 Å². The van der Waals surface area contributed by atoms with Gasteiger partial charge in [0.2, 0.25) is 17.7 Å². The average molecular weight is 598 g/mol. The molecule has 6 N–H and O–H groups in total. The number of nitrogens with one attached hydrogen (secondary N) is 4. The largest absolute Gasteiger partial charge is 0.479 e. The third-order valence-electron chi connectivity index (χ3n) is 5.84. The second-order valence-electron chi connectivity index (χ2n) is 8.86. The van der Waals surface area contributed by atoms with Crippen LogP contribution < -0.4 is 33.1 Å². The number of carbonyl (C=O) groups excluding carboxylic acids is 3. The highest BCUT2D eigenvalue weighted by Crippen LogP contribution is 2.00. The first-order valence-corrected chi connectivity index (χ1v) is 12.9. The van der Waals surface area contributed by atoms with Crippen molar-refractivity contribution in [2.75, 3.05) is 25.4 Å². The molecule has 17 nitrogen and oxygen atoms in total. The molecule has 224 valence electrons. The molecule has 0 aromatic carbocycles. The van der Waals surface area contributed by atoms with Gasteiger partial charge in [0.25, 0.3) is 11.1 Å². The van der Waals surface area contributed by atoms with Crippen molar-refractivity contribution in [3.8, 4) is 0 Å². The number of aliphatic hydroxyl groups is 1. The molecule has 0 saturated carbocycles. The number of amides is 3. The maximum absolute atomic E-state index is 13.0. The number of carbonyl (C=O) groups is 4. The van der Waals surface area contributed by atoms with Gasteiger partial charge in [-0.05, 0) is 13.3 Å². The van der Waals surface area contributed by atoms with Crippen molar-refractivity contribution >= 4 is 36.3 Å². The lowest BCUT2D eigenvalue weighted by molar-refractivity contribution is -0.147. The van der Waals surface area contributed by atoms with Gasteiger partial charge >= 0.3 is 17.3 Å². The molecule has 2 aromatic rings. The van der Waals surface area contributed by atoms with Crippen LogP contribution in [-0.4, -0.2) is 95.4 Å². The Hall–Kier alpha value is -4.45. The molecule has 2 aromatic heterocycles. The standard InChI is InChI=1S/C23H31N7O10S/c1-13-11-30(23(40)27-19(13)35)9-7-28(6-8-29-5-4-17(33)26-22(29)39)18(34)10-24-20(36)14(12-41)25-16(32)3-2-15(31)21(37)38/h4-5,11,14-15,31,41H,2-3,6-10,12H2,1H3,(H,24,36)(H,25,32)(H,37,38)(H,26,33,39)(H,27,35,40). The van der Waals surface area contributed by atoms with Crippen molar-refractivity contribution in [1.82, 2.24) is 34.6 Å². The lowest BCUT2D eigenvalue weighted by atomic mass is 10.2. The zero-order valence-corrected chi connectivity index (χ0v) is 22.9. The Balaban J connectivity index is 2.07. The number of aliphatic hydroxyl groups excluding tert-OH is 1. The number of thiol groups is 1. The summed E-state index contributed by atoms with van der Waals surface area (Å²) in [6.07, 6.45) is 0.0946. The number of nitrogens with zero attached hydrogens (tertiary/aromatic N) is 3. The molecule has 0 bridgehead atoms. The van der Waals surface area contributed by atoms with Crippen LogP contribution >= 0.6 is 12.6 Å². The van der Waals surface area contributed by atoms with Crippen LogP contribution in [0.15, 0.2) is 37.6 Å². The number of carboxylic acid groups (broad SMARTS) is 1. The van der Waals surface area contributed by atoms with Gasteiger partial charge in [0, 0.05) is 62.4 Å². The van der Waals surface area contributed by atoms with Crippen molar-refractivity contribution in [1.29, 1.82) is 0 Å². The first kappa shape index (κ1) is 32.8. The maximum atomic E-state index is 13.0. The molecule has 2 heterocycles. The summed E-state index contributed by atoms with van der Waals surface area (Å²) in [7, 11) is 0. The van der Waals surface area contributed by atoms with Crippen LogP contribution in [0.5, 0.6) is 0 Å². The van der Waals surface area contributed by atoms with E-state index in [9.17, 15) is 43.5 Å². The van der Waals surface area contributed by atoms with Gasteiger partial charge in [0.15, 0.2) is 6.10 Å². The number of rotatable bonds is 15. The molecule has 0 aliphatic heterocycles. The normalized spacial score (nSPS) is 12.3. The molecule has 3 amide bonds. The van der Waals surface area contributed by atoms with E-state index in [0.717, 1.165) is 10.6 Å². The van der Waals surface area contributed by atoms with E-state index < -0.39 is 64.9 Å². The number of aromatic nitrogens is 4. The smallest absolute Gasteiger partial charge is 0.332 e. The van der Waals surface area contributed by atoms with E-state index in [1.54, 1.807) is 0 Å². The maximum Gasteiger partial charge on any atom is 0.332 e. The minimum absolute atomic E-state index is 0.0336. The number of aromatic amines is 2. The van der Waals surface area contributed by atoms with Crippen molar-refractivity contribution in [2.24, 2.45) is 0 Å². The van der Waals surface area contributed by atoms with Gasteiger partial charge in [-0.2, -0.15) is 12.6 Å². The van der Waals surface area contributed by atoms with E-state index in [-0.39, 0.29) is 50.3 Å². The molecule has 0 fully saturated rings. The van der Waals surface area contributed by atoms with Gasteiger partial charge in [0.1, 0.15) is 6.04 Å². The number of carboxylic acids is 1. The highest BCUT2D eigenvalue weighted by Gasteiger charge is 2.23. The number of H-pyrrole nitrogens is 2. The molecule has 2 unspecified atom stereocenters. The van der Waals surface area contributed by atoms with Gasteiger partial charge in [-0.15, -0.1) is 0 Å². The summed E-state index contributed by atoms with van der Waals surface area (Å²) >= 11 is 4.02. The Bertz CT molecular complexity index is 1490. The zero-order valence-electron chi connectivity index (χ0n) is 22.0. The van der Waals surface area contributed by atoms with E-state index in [4.69, 9.17) is 5.11 Å². The van der Waals surface area contributed by atoms with Gasteiger partial charge in [-0.1, -0.05) is 0 Å². The van der Waals surface area contributed by atoms with E-state index in [1.807, 2.05) is 0 Å². The number of hydrogen-bond acceptors (Lipinski definition) is 10. The van der Waals surface area contributed by atoms with E-state index >= 15 is 0 Å². The predicted molar refractivity (Wildman–Crippen MR) is 146 cm³/mol. The first-order chi connectivity index (χ1) is 19.3. The third-order valence-corrected chi connectivity index (χ3v) is 6.20. The Kier molecular flexibility index (Phi) is 12.3. The fourth-order valence-corrected chi connectivity index (χ4v) is 3.73. The quantitative estimate of drug-likeness (QED) is 0.0980. The first-order valence-electron chi connectivity index (χ1n) is 12.3. The van der Waals surface area contributed by atoms with Crippen LogP contribution in [0, 0.1) is 6.92 Å². The highest BCUT2D eigenvalue weighted by atomic mass is 32.1. The summed E-state index contributed by atoms with van der Waals surface area (Å²) in [5.41, 5.74) is -2.27. The van der Waals surface area contributed by atoms with Crippen LogP contribution in [0.4, 0.5) is 0 Å². The fraction of sp³-hybridized carbons (Fsp3) is 0.478. The van der Waals surface area contributed by atoms with E-state index in [2.05, 4.69) is 33.2 Å². The summed E-state index contributed by atoms with van der Waals surface area (Å²) in [5, 5.41) is 22.7. The van der Waals surface area contributed by atoms with Crippen LogP contribution in [0.2, 0.25) is 0 Å². The molecule has 2 atom stereocenters. The summed E-state index contributed by atoms with van der Waals surface area (Å²) in [6, 6.07) is -0.0403. The molecule has 0 spiro atoms. The van der Waals surface area contributed by atoms with E-state index in [1.165, 1.54) is 28.8 Å². The van der Waals surface area contributed by atoms with E-state index in [0.29, 0.717) is 0 Å². The molecular weight excluding hydrogens is 566 g/mol. The minimum atomic E-state index is -1.74. The topological polar surface area (TPSA) is 246 Å². The summed E-state index contributed by atoms with van der Waals surface area (Å²) in [4.78, 5) is 101. The monoisotopic (exact) mass is 597 g/mol. The molecule has 0 saturated heterocycles.